The van der Waals surface area contributed by atoms with E-state index in [-0.39, 0.29) is 12.1 Å². The fourth-order valence-corrected chi connectivity index (χ4v) is 2.85. The Morgan fingerprint density at radius 1 is 1.35 bits per heavy atom. The number of rotatable bonds is 6. The van der Waals surface area contributed by atoms with E-state index >= 15 is 0 Å². The average molecular weight is 279 g/mol. The monoisotopic (exact) mass is 279 g/mol. The van der Waals surface area contributed by atoms with E-state index in [0.717, 1.165) is 36.6 Å². The first-order valence-corrected chi connectivity index (χ1v) is 7.28. The van der Waals surface area contributed by atoms with Crippen LogP contribution in [0.5, 0.6) is 11.5 Å². The van der Waals surface area contributed by atoms with Crippen LogP contribution in [0.4, 0.5) is 0 Å². The van der Waals surface area contributed by atoms with Gasteiger partial charge in [0.15, 0.2) is 0 Å². The number of likely N-dealkylation sites (N-methyl/N-ethyl adjacent to an activating group) is 1. The van der Waals surface area contributed by atoms with E-state index in [1.54, 1.807) is 14.2 Å². The molecule has 4 heteroatoms. The maximum absolute atomic E-state index is 5.95. The van der Waals surface area contributed by atoms with Gasteiger partial charge in [0, 0.05) is 12.2 Å². The van der Waals surface area contributed by atoms with Crippen molar-refractivity contribution in [1.82, 2.24) is 5.32 Å². The topological polar surface area (TPSA) is 39.7 Å². The Balaban J connectivity index is 2.36. The van der Waals surface area contributed by atoms with Crippen LogP contribution in [-0.4, -0.2) is 33.5 Å². The lowest BCUT2D eigenvalue weighted by atomic mass is 9.91. The molecule has 0 amide bonds. The molecule has 0 aliphatic carbocycles. The van der Waals surface area contributed by atoms with Gasteiger partial charge in [-0.3, -0.25) is 0 Å². The third-order valence-electron chi connectivity index (χ3n) is 3.97. The fraction of sp³-hybridized carbons (Fsp3) is 0.625. The number of benzene rings is 1. The maximum Gasteiger partial charge on any atom is 0.124 e. The summed E-state index contributed by atoms with van der Waals surface area (Å²) in [6, 6.07) is 6.05. The Morgan fingerprint density at radius 3 is 2.70 bits per heavy atom. The molecule has 3 unspecified atom stereocenters. The van der Waals surface area contributed by atoms with Crippen molar-refractivity contribution in [3.05, 3.63) is 23.8 Å². The quantitative estimate of drug-likeness (QED) is 0.869. The molecule has 1 heterocycles. The van der Waals surface area contributed by atoms with Crippen LogP contribution in [0.3, 0.4) is 0 Å². The third-order valence-corrected chi connectivity index (χ3v) is 3.97. The van der Waals surface area contributed by atoms with Crippen molar-refractivity contribution < 1.29 is 14.2 Å². The zero-order valence-electron chi connectivity index (χ0n) is 12.8. The molecule has 4 nitrogen and oxygen atoms in total. The second-order valence-electron chi connectivity index (χ2n) is 5.24. The molecule has 0 spiro atoms. The summed E-state index contributed by atoms with van der Waals surface area (Å²) in [6.45, 7) is 6.07. The molecule has 1 aromatic rings. The van der Waals surface area contributed by atoms with Gasteiger partial charge in [-0.05, 0) is 37.1 Å². The smallest absolute Gasteiger partial charge is 0.124 e. The zero-order chi connectivity index (χ0) is 14.5. The van der Waals surface area contributed by atoms with E-state index in [2.05, 4.69) is 19.2 Å². The van der Waals surface area contributed by atoms with Crippen molar-refractivity contribution in [1.29, 1.82) is 0 Å². The summed E-state index contributed by atoms with van der Waals surface area (Å²) >= 11 is 0. The molecule has 1 aromatic carbocycles. The van der Waals surface area contributed by atoms with Crippen molar-refractivity contribution >= 4 is 0 Å². The Kier molecular flexibility index (Phi) is 5.26. The minimum atomic E-state index is 0.127. The predicted molar refractivity (Wildman–Crippen MR) is 79.5 cm³/mol. The molecule has 20 heavy (non-hydrogen) atoms. The van der Waals surface area contributed by atoms with Crippen molar-refractivity contribution in [3.63, 3.8) is 0 Å². The first kappa shape index (κ1) is 15.1. The molecule has 0 saturated carbocycles. The lowest BCUT2D eigenvalue weighted by Crippen LogP contribution is -2.35. The SMILES string of the molecule is CCNC(c1cc(OC)ccc1OC)C1OCCC1C. The van der Waals surface area contributed by atoms with Gasteiger partial charge in [-0.15, -0.1) is 0 Å². The largest absolute Gasteiger partial charge is 0.497 e. The minimum Gasteiger partial charge on any atom is -0.497 e. The van der Waals surface area contributed by atoms with Gasteiger partial charge < -0.3 is 19.5 Å². The molecule has 1 saturated heterocycles. The van der Waals surface area contributed by atoms with Crippen LogP contribution in [0.1, 0.15) is 31.9 Å². The highest BCUT2D eigenvalue weighted by atomic mass is 16.5. The van der Waals surface area contributed by atoms with Crippen LogP contribution < -0.4 is 14.8 Å². The van der Waals surface area contributed by atoms with Gasteiger partial charge in [-0.25, -0.2) is 0 Å². The lowest BCUT2D eigenvalue weighted by Gasteiger charge is -2.28. The Morgan fingerprint density at radius 2 is 2.15 bits per heavy atom. The fourth-order valence-electron chi connectivity index (χ4n) is 2.85. The van der Waals surface area contributed by atoms with E-state index in [4.69, 9.17) is 14.2 Å². The first-order valence-electron chi connectivity index (χ1n) is 7.28. The van der Waals surface area contributed by atoms with Crippen molar-refractivity contribution in [2.24, 2.45) is 5.92 Å². The first-order chi connectivity index (χ1) is 9.71. The second-order valence-corrected chi connectivity index (χ2v) is 5.24. The Bertz CT molecular complexity index is 436. The summed E-state index contributed by atoms with van der Waals surface area (Å²) in [5.41, 5.74) is 1.10. The summed E-state index contributed by atoms with van der Waals surface area (Å²) in [4.78, 5) is 0. The molecule has 2 rings (SSSR count). The van der Waals surface area contributed by atoms with Gasteiger partial charge in [0.2, 0.25) is 0 Å². The van der Waals surface area contributed by atoms with Crippen molar-refractivity contribution in [2.75, 3.05) is 27.4 Å². The van der Waals surface area contributed by atoms with E-state index < -0.39 is 0 Å². The molecular weight excluding hydrogens is 254 g/mol. The molecule has 1 aliphatic heterocycles. The number of methoxy groups -OCH3 is 2. The predicted octanol–water partition coefficient (Wildman–Crippen LogP) is 2.78. The van der Waals surface area contributed by atoms with Crippen LogP contribution in [0.15, 0.2) is 18.2 Å². The second kappa shape index (κ2) is 6.95. The highest BCUT2D eigenvalue weighted by Gasteiger charge is 2.34. The summed E-state index contributed by atoms with van der Waals surface area (Å²) < 4.78 is 16.8. The summed E-state index contributed by atoms with van der Waals surface area (Å²) in [6.07, 6.45) is 1.29. The summed E-state index contributed by atoms with van der Waals surface area (Å²) in [7, 11) is 3.38. The van der Waals surface area contributed by atoms with Gasteiger partial charge in [0.25, 0.3) is 0 Å². The molecule has 0 aromatic heterocycles. The van der Waals surface area contributed by atoms with E-state index in [1.807, 2.05) is 18.2 Å². The van der Waals surface area contributed by atoms with Crippen LogP contribution >= 0.6 is 0 Å². The Hall–Kier alpha value is -1.26. The molecule has 1 aliphatic rings. The summed E-state index contributed by atoms with van der Waals surface area (Å²) in [5.74, 6) is 2.25. The normalized spacial score (nSPS) is 23.6. The average Bonchev–Trinajstić information content (AvgIpc) is 2.90. The van der Waals surface area contributed by atoms with Crippen molar-refractivity contribution in [2.45, 2.75) is 32.4 Å². The number of hydrogen-bond acceptors (Lipinski definition) is 4. The zero-order valence-corrected chi connectivity index (χ0v) is 12.8. The van der Waals surface area contributed by atoms with Gasteiger partial charge in [0.1, 0.15) is 11.5 Å². The van der Waals surface area contributed by atoms with Crippen molar-refractivity contribution in [3.8, 4) is 11.5 Å². The molecule has 0 radical (unpaired) electrons. The summed E-state index contributed by atoms with van der Waals surface area (Å²) in [5, 5.41) is 3.54. The third kappa shape index (κ3) is 3.07. The molecular formula is C16H25NO3. The number of nitrogens with one attached hydrogen (secondary N) is 1. The molecule has 1 N–H and O–H groups in total. The highest BCUT2D eigenvalue weighted by molar-refractivity contribution is 5.43. The lowest BCUT2D eigenvalue weighted by molar-refractivity contribution is 0.0603. The number of ether oxygens (including phenoxy) is 3. The van der Waals surface area contributed by atoms with E-state index in [0.29, 0.717) is 5.92 Å². The van der Waals surface area contributed by atoms with Crippen LogP contribution in [0.25, 0.3) is 0 Å². The minimum absolute atomic E-state index is 0.127. The maximum atomic E-state index is 5.95. The van der Waals surface area contributed by atoms with Gasteiger partial charge in [0.05, 0.1) is 26.4 Å². The van der Waals surface area contributed by atoms with Crippen LogP contribution in [-0.2, 0) is 4.74 Å². The van der Waals surface area contributed by atoms with E-state index in [1.165, 1.54) is 0 Å². The molecule has 1 fully saturated rings. The molecule has 3 atom stereocenters. The molecule has 0 bridgehead atoms. The Labute approximate surface area is 121 Å². The standard InChI is InChI=1S/C16H25NO3/c1-5-17-15(16-11(2)8-9-20-16)13-10-12(18-3)6-7-14(13)19-4/h6-7,10-11,15-17H,5,8-9H2,1-4H3. The number of hydrogen-bond donors (Lipinski definition) is 1. The van der Waals surface area contributed by atoms with Crippen LogP contribution in [0.2, 0.25) is 0 Å². The highest BCUT2D eigenvalue weighted by Crippen LogP contribution is 2.37. The molecule has 112 valence electrons. The van der Waals surface area contributed by atoms with Gasteiger partial charge in [-0.1, -0.05) is 13.8 Å². The van der Waals surface area contributed by atoms with Crippen LogP contribution in [0, 0.1) is 5.92 Å². The van der Waals surface area contributed by atoms with Gasteiger partial charge >= 0.3 is 0 Å². The van der Waals surface area contributed by atoms with E-state index in [9.17, 15) is 0 Å². The van der Waals surface area contributed by atoms with Gasteiger partial charge in [-0.2, -0.15) is 0 Å².